The van der Waals surface area contributed by atoms with Crippen molar-refractivity contribution in [2.45, 2.75) is 66.0 Å². The molecule has 0 fully saturated rings. The van der Waals surface area contributed by atoms with Crippen LogP contribution >= 0.6 is 0 Å². The van der Waals surface area contributed by atoms with Crippen LogP contribution in [0.25, 0.3) is 22.3 Å². The van der Waals surface area contributed by atoms with E-state index in [0.29, 0.717) is 0 Å². The van der Waals surface area contributed by atoms with Crippen molar-refractivity contribution in [2.24, 2.45) is 0 Å². The summed E-state index contributed by atoms with van der Waals surface area (Å²) in [7, 11) is 3.31. The summed E-state index contributed by atoms with van der Waals surface area (Å²) in [5, 5.41) is 0. The maximum absolute atomic E-state index is 13.2. The zero-order chi connectivity index (χ0) is 25.9. The first kappa shape index (κ1) is 26.7. The number of rotatable bonds is 8. The Morgan fingerprint density at radius 2 is 1.40 bits per heavy atom. The van der Waals surface area contributed by atoms with Gasteiger partial charge in [-0.2, -0.15) is 13.2 Å². The first-order valence-corrected chi connectivity index (χ1v) is 12.1. The van der Waals surface area contributed by atoms with E-state index in [4.69, 9.17) is 9.47 Å². The Bertz CT molecular complexity index is 1180. The Kier molecular flexibility index (Phi) is 8.19. The normalized spacial score (nSPS) is 12.5. The number of hydrogen-bond acceptors (Lipinski definition) is 2. The minimum absolute atomic E-state index is 0.288. The topological polar surface area (TPSA) is 18.5 Å². The van der Waals surface area contributed by atoms with Gasteiger partial charge in [0.2, 0.25) is 0 Å². The monoisotopic (exact) mass is 484 g/mol. The molecule has 3 rings (SSSR count). The molecule has 0 amide bonds. The number of ether oxygens (including phenoxy) is 2. The number of alkyl halides is 3. The van der Waals surface area contributed by atoms with Crippen LogP contribution in [0.5, 0.6) is 11.5 Å². The molecule has 0 aliphatic carbocycles. The highest BCUT2D eigenvalue weighted by Crippen LogP contribution is 2.47. The molecule has 3 aromatic rings. The average molecular weight is 485 g/mol. The summed E-state index contributed by atoms with van der Waals surface area (Å²) < 4.78 is 51.2. The molecule has 0 saturated carbocycles. The van der Waals surface area contributed by atoms with Gasteiger partial charge < -0.3 is 9.47 Å². The average Bonchev–Trinajstić information content (AvgIpc) is 2.83. The van der Waals surface area contributed by atoms with Crippen molar-refractivity contribution < 1.29 is 22.6 Å². The van der Waals surface area contributed by atoms with Gasteiger partial charge in [-0.15, -0.1) is 0 Å². The van der Waals surface area contributed by atoms with E-state index in [2.05, 4.69) is 33.8 Å². The standard InChI is InChI=1S/C30H35F3O2/c1-8-10-22-17-24(18(3)9-2)28(29-19(4)25(34-6)15-16-26(29)35-7)20(5)27(22)21-11-13-23(14-12-21)30(31,32)33/h11-18H,8-10H2,1-7H3. The van der Waals surface area contributed by atoms with E-state index in [-0.39, 0.29) is 5.92 Å². The number of methoxy groups -OCH3 is 2. The van der Waals surface area contributed by atoms with Crippen molar-refractivity contribution in [2.75, 3.05) is 14.2 Å². The van der Waals surface area contributed by atoms with Crippen LogP contribution in [0.1, 0.15) is 67.3 Å². The van der Waals surface area contributed by atoms with Crippen LogP contribution in [-0.4, -0.2) is 14.2 Å². The second-order valence-electron chi connectivity index (χ2n) is 9.10. The van der Waals surface area contributed by atoms with Crippen molar-refractivity contribution in [3.63, 3.8) is 0 Å². The van der Waals surface area contributed by atoms with Crippen molar-refractivity contribution in [1.82, 2.24) is 0 Å². The molecule has 0 spiro atoms. The zero-order valence-corrected chi connectivity index (χ0v) is 21.7. The Morgan fingerprint density at radius 3 is 1.91 bits per heavy atom. The molecule has 188 valence electrons. The van der Waals surface area contributed by atoms with Crippen molar-refractivity contribution in [3.05, 3.63) is 70.3 Å². The number of hydrogen-bond donors (Lipinski definition) is 0. The third-order valence-corrected chi connectivity index (χ3v) is 6.92. The van der Waals surface area contributed by atoms with Crippen molar-refractivity contribution in [3.8, 4) is 33.8 Å². The van der Waals surface area contributed by atoms with E-state index in [0.717, 1.165) is 69.7 Å². The summed E-state index contributed by atoms with van der Waals surface area (Å²) in [6.45, 7) is 10.6. The highest BCUT2D eigenvalue weighted by molar-refractivity contribution is 5.88. The van der Waals surface area contributed by atoms with E-state index < -0.39 is 11.7 Å². The van der Waals surface area contributed by atoms with Gasteiger partial charge in [-0.05, 0) is 90.3 Å². The summed E-state index contributed by atoms with van der Waals surface area (Å²) in [6, 6.07) is 11.6. The molecule has 0 radical (unpaired) electrons. The lowest BCUT2D eigenvalue weighted by atomic mass is 9.79. The van der Waals surface area contributed by atoms with E-state index in [9.17, 15) is 13.2 Å². The molecule has 1 atom stereocenters. The SMILES string of the molecule is CCCc1cc(C(C)CC)c(-c2c(OC)ccc(OC)c2C)c(C)c1-c1ccc(C(F)(F)F)cc1. The highest BCUT2D eigenvalue weighted by atomic mass is 19.4. The third-order valence-electron chi connectivity index (χ3n) is 6.92. The molecule has 0 aliphatic rings. The van der Waals surface area contributed by atoms with Crippen LogP contribution < -0.4 is 9.47 Å². The molecular formula is C30H35F3O2. The zero-order valence-electron chi connectivity index (χ0n) is 21.7. The fourth-order valence-corrected chi connectivity index (χ4v) is 4.92. The van der Waals surface area contributed by atoms with E-state index in [1.807, 2.05) is 19.1 Å². The van der Waals surface area contributed by atoms with Gasteiger partial charge in [0.1, 0.15) is 11.5 Å². The second kappa shape index (κ2) is 10.8. The number of benzene rings is 3. The maximum atomic E-state index is 13.2. The first-order valence-electron chi connectivity index (χ1n) is 12.1. The van der Waals surface area contributed by atoms with Crippen LogP contribution in [0.2, 0.25) is 0 Å². The first-order chi connectivity index (χ1) is 16.6. The van der Waals surface area contributed by atoms with Crippen LogP contribution in [-0.2, 0) is 12.6 Å². The van der Waals surface area contributed by atoms with Crippen LogP contribution in [0.15, 0.2) is 42.5 Å². The van der Waals surface area contributed by atoms with Gasteiger partial charge in [0.25, 0.3) is 0 Å². The molecular weight excluding hydrogens is 449 g/mol. The molecule has 0 saturated heterocycles. The predicted molar refractivity (Wildman–Crippen MR) is 138 cm³/mol. The molecule has 35 heavy (non-hydrogen) atoms. The van der Waals surface area contributed by atoms with Gasteiger partial charge in [-0.3, -0.25) is 0 Å². The smallest absolute Gasteiger partial charge is 0.416 e. The van der Waals surface area contributed by atoms with Crippen LogP contribution in [0, 0.1) is 13.8 Å². The Balaban J connectivity index is 2.43. The highest BCUT2D eigenvalue weighted by Gasteiger charge is 2.30. The summed E-state index contributed by atoms with van der Waals surface area (Å²) >= 11 is 0. The number of halogens is 3. The summed E-state index contributed by atoms with van der Waals surface area (Å²) in [4.78, 5) is 0. The lowest BCUT2D eigenvalue weighted by Crippen LogP contribution is -2.07. The van der Waals surface area contributed by atoms with Gasteiger partial charge in [0.15, 0.2) is 0 Å². The van der Waals surface area contributed by atoms with Gasteiger partial charge in [0.05, 0.1) is 19.8 Å². The molecule has 5 heteroatoms. The maximum Gasteiger partial charge on any atom is 0.416 e. The van der Waals surface area contributed by atoms with Gasteiger partial charge in [0, 0.05) is 11.1 Å². The second-order valence-corrected chi connectivity index (χ2v) is 9.10. The molecule has 0 aromatic heterocycles. The lowest BCUT2D eigenvalue weighted by molar-refractivity contribution is -0.137. The summed E-state index contributed by atoms with van der Waals surface area (Å²) in [5.41, 5.74) is 7.57. The molecule has 0 N–H and O–H groups in total. The molecule has 0 bridgehead atoms. The Labute approximate surface area is 207 Å². The Hall–Kier alpha value is -2.95. The lowest BCUT2D eigenvalue weighted by Gasteiger charge is -2.26. The fourth-order valence-electron chi connectivity index (χ4n) is 4.92. The van der Waals surface area contributed by atoms with Crippen LogP contribution in [0.3, 0.4) is 0 Å². The molecule has 1 unspecified atom stereocenters. The van der Waals surface area contributed by atoms with E-state index in [1.54, 1.807) is 26.4 Å². The van der Waals surface area contributed by atoms with Crippen molar-refractivity contribution >= 4 is 0 Å². The van der Waals surface area contributed by atoms with Gasteiger partial charge >= 0.3 is 6.18 Å². The molecule has 3 aromatic carbocycles. The van der Waals surface area contributed by atoms with Gasteiger partial charge in [-0.1, -0.05) is 45.4 Å². The third kappa shape index (κ3) is 5.19. The largest absolute Gasteiger partial charge is 0.496 e. The summed E-state index contributed by atoms with van der Waals surface area (Å²) in [5.74, 6) is 1.80. The summed E-state index contributed by atoms with van der Waals surface area (Å²) in [6.07, 6.45) is -1.62. The molecule has 0 aliphatic heterocycles. The molecule has 0 heterocycles. The minimum Gasteiger partial charge on any atom is -0.496 e. The van der Waals surface area contributed by atoms with E-state index >= 15 is 0 Å². The minimum atomic E-state index is -4.36. The molecule has 2 nitrogen and oxygen atoms in total. The quantitative estimate of drug-likeness (QED) is 0.317. The van der Waals surface area contributed by atoms with Gasteiger partial charge in [-0.25, -0.2) is 0 Å². The fraction of sp³-hybridized carbons (Fsp3) is 0.400. The van der Waals surface area contributed by atoms with E-state index in [1.165, 1.54) is 17.7 Å². The predicted octanol–water partition coefficient (Wildman–Crippen LogP) is 9.14. The number of aryl methyl sites for hydroxylation is 1. The Morgan fingerprint density at radius 1 is 0.800 bits per heavy atom. The van der Waals surface area contributed by atoms with Crippen LogP contribution in [0.4, 0.5) is 13.2 Å². The van der Waals surface area contributed by atoms with Crippen molar-refractivity contribution in [1.29, 1.82) is 0 Å².